The summed E-state index contributed by atoms with van der Waals surface area (Å²) in [5.74, 6) is 0.142. The predicted molar refractivity (Wildman–Crippen MR) is 95.3 cm³/mol. The molecule has 0 bridgehead atoms. The van der Waals surface area contributed by atoms with Crippen molar-refractivity contribution in [3.05, 3.63) is 83.4 Å². The van der Waals surface area contributed by atoms with Gasteiger partial charge in [-0.3, -0.25) is 4.79 Å². The molecule has 0 fully saturated rings. The number of benzene rings is 3. The molecule has 3 aromatic rings. The van der Waals surface area contributed by atoms with Gasteiger partial charge < -0.3 is 4.90 Å². The van der Waals surface area contributed by atoms with E-state index in [9.17, 15) is 4.79 Å². The molecule has 0 atom stereocenters. The fourth-order valence-electron chi connectivity index (χ4n) is 2.79. The summed E-state index contributed by atoms with van der Waals surface area (Å²) < 4.78 is 0. The highest BCUT2D eigenvalue weighted by atomic mass is 16.2. The van der Waals surface area contributed by atoms with Gasteiger partial charge in [0.25, 0.3) is 0 Å². The second-order valence-corrected chi connectivity index (χ2v) is 6.03. The normalized spacial score (nSPS) is 10.7. The molecule has 0 spiro atoms. The highest BCUT2D eigenvalue weighted by Gasteiger charge is 2.11. The Morgan fingerprint density at radius 2 is 1.61 bits per heavy atom. The first-order valence-electron chi connectivity index (χ1n) is 7.89. The molecule has 0 radical (unpaired) electrons. The summed E-state index contributed by atoms with van der Waals surface area (Å²) in [6.07, 6.45) is 0.438. The van der Waals surface area contributed by atoms with Crippen molar-refractivity contribution >= 4 is 16.7 Å². The van der Waals surface area contributed by atoms with E-state index in [-0.39, 0.29) is 5.91 Å². The Balaban J connectivity index is 1.71. The first-order valence-corrected chi connectivity index (χ1v) is 7.89. The zero-order valence-electron chi connectivity index (χ0n) is 13.6. The number of carbonyl (C=O) groups excluding carboxylic acids is 1. The fraction of sp³-hybridized carbons (Fsp3) is 0.190. The van der Waals surface area contributed by atoms with Crippen LogP contribution in [0.3, 0.4) is 0 Å². The van der Waals surface area contributed by atoms with E-state index in [0.717, 1.165) is 5.56 Å². The van der Waals surface area contributed by atoms with Gasteiger partial charge in [0.15, 0.2) is 0 Å². The van der Waals surface area contributed by atoms with Crippen LogP contribution in [-0.2, 0) is 17.8 Å². The topological polar surface area (TPSA) is 20.3 Å². The van der Waals surface area contributed by atoms with Gasteiger partial charge in [-0.15, -0.1) is 0 Å². The van der Waals surface area contributed by atoms with Gasteiger partial charge in [0.1, 0.15) is 0 Å². The van der Waals surface area contributed by atoms with Gasteiger partial charge in [-0.2, -0.15) is 0 Å². The molecule has 0 aliphatic rings. The molecule has 3 rings (SSSR count). The Kier molecular flexibility index (Phi) is 4.42. The SMILES string of the molecule is Cc1ccccc1CN(C)C(=O)Cc1ccc2ccccc2c1. The van der Waals surface area contributed by atoms with Crippen LogP contribution in [0.1, 0.15) is 16.7 Å². The lowest BCUT2D eigenvalue weighted by Crippen LogP contribution is -2.28. The fourth-order valence-corrected chi connectivity index (χ4v) is 2.79. The molecule has 2 heteroatoms. The minimum absolute atomic E-state index is 0.142. The van der Waals surface area contributed by atoms with Crippen molar-refractivity contribution in [3.63, 3.8) is 0 Å². The van der Waals surface area contributed by atoms with Gasteiger partial charge in [-0.25, -0.2) is 0 Å². The van der Waals surface area contributed by atoms with Crippen LogP contribution in [0.5, 0.6) is 0 Å². The Bertz CT molecular complexity index is 838. The quantitative estimate of drug-likeness (QED) is 0.701. The lowest BCUT2D eigenvalue weighted by Gasteiger charge is -2.18. The summed E-state index contributed by atoms with van der Waals surface area (Å²) in [7, 11) is 1.87. The zero-order chi connectivity index (χ0) is 16.2. The number of amides is 1. The molecule has 0 aromatic heterocycles. The molecule has 0 saturated carbocycles. The summed E-state index contributed by atoms with van der Waals surface area (Å²) >= 11 is 0. The number of hydrogen-bond donors (Lipinski definition) is 0. The van der Waals surface area contributed by atoms with Crippen molar-refractivity contribution in [3.8, 4) is 0 Å². The summed E-state index contributed by atoms with van der Waals surface area (Å²) in [6, 6.07) is 22.7. The third kappa shape index (κ3) is 3.59. The van der Waals surface area contributed by atoms with Crippen LogP contribution < -0.4 is 0 Å². The highest BCUT2D eigenvalue weighted by Crippen LogP contribution is 2.17. The van der Waals surface area contributed by atoms with Crippen molar-refractivity contribution < 1.29 is 4.79 Å². The number of carbonyl (C=O) groups is 1. The smallest absolute Gasteiger partial charge is 0.227 e. The summed E-state index contributed by atoms with van der Waals surface area (Å²) in [4.78, 5) is 14.3. The standard InChI is InChI=1S/C21H21NO/c1-16-7-3-4-10-20(16)15-22(2)21(23)14-17-11-12-18-8-5-6-9-19(18)13-17/h3-13H,14-15H2,1-2H3. The van der Waals surface area contributed by atoms with Gasteiger partial charge in [-0.1, -0.05) is 66.7 Å². The molecule has 2 nitrogen and oxygen atoms in total. The lowest BCUT2D eigenvalue weighted by atomic mass is 10.0. The molecule has 23 heavy (non-hydrogen) atoms. The van der Waals surface area contributed by atoms with Crippen LogP contribution in [0, 0.1) is 6.92 Å². The van der Waals surface area contributed by atoms with E-state index in [1.165, 1.54) is 21.9 Å². The van der Waals surface area contributed by atoms with Crippen molar-refractivity contribution in [2.45, 2.75) is 19.9 Å². The van der Waals surface area contributed by atoms with E-state index in [1.54, 1.807) is 4.90 Å². The van der Waals surface area contributed by atoms with E-state index in [1.807, 2.05) is 37.4 Å². The van der Waals surface area contributed by atoms with Gasteiger partial charge >= 0.3 is 0 Å². The van der Waals surface area contributed by atoms with Gasteiger partial charge in [0, 0.05) is 13.6 Å². The van der Waals surface area contributed by atoms with E-state index in [4.69, 9.17) is 0 Å². The monoisotopic (exact) mass is 303 g/mol. The number of hydrogen-bond acceptors (Lipinski definition) is 1. The van der Waals surface area contributed by atoms with Crippen LogP contribution in [-0.4, -0.2) is 17.9 Å². The second kappa shape index (κ2) is 6.66. The Hall–Kier alpha value is -2.61. The minimum atomic E-state index is 0.142. The molecule has 0 saturated heterocycles. The molecule has 0 aliphatic carbocycles. The van der Waals surface area contributed by atoms with Crippen molar-refractivity contribution in [2.75, 3.05) is 7.05 Å². The zero-order valence-corrected chi connectivity index (χ0v) is 13.6. The van der Waals surface area contributed by atoms with Crippen molar-refractivity contribution in [2.24, 2.45) is 0 Å². The molecule has 1 amide bonds. The van der Waals surface area contributed by atoms with Crippen LogP contribution in [0.4, 0.5) is 0 Å². The average molecular weight is 303 g/mol. The molecule has 3 aromatic carbocycles. The summed E-state index contributed by atoms with van der Waals surface area (Å²) in [6.45, 7) is 2.73. The third-order valence-electron chi connectivity index (χ3n) is 4.26. The van der Waals surface area contributed by atoms with Crippen LogP contribution >= 0.6 is 0 Å². The highest BCUT2D eigenvalue weighted by molar-refractivity contribution is 5.85. The van der Waals surface area contributed by atoms with E-state index < -0.39 is 0 Å². The summed E-state index contributed by atoms with van der Waals surface area (Å²) in [5.41, 5.74) is 3.48. The number of fused-ring (bicyclic) bond motifs is 1. The number of likely N-dealkylation sites (N-methyl/N-ethyl adjacent to an activating group) is 1. The summed E-state index contributed by atoms with van der Waals surface area (Å²) in [5, 5.41) is 2.39. The van der Waals surface area contributed by atoms with Crippen LogP contribution in [0.2, 0.25) is 0 Å². The van der Waals surface area contributed by atoms with Crippen LogP contribution in [0.15, 0.2) is 66.7 Å². The minimum Gasteiger partial charge on any atom is -0.341 e. The average Bonchev–Trinajstić information content (AvgIpc) is 2.56. The van der Waals surface area contributed by atoms with Gasteiger partial charge in [0.2, 0.25) is 5.91 Å². The maximum Gasteiger partial charge on any atom is 0.227 e. The van der Waals surface area contributed by atoms with Crippen molar-refractivity contribution in [1.82, 2.24) is 4.90 Å². The first kappa shape index (κ1) is 15.3. The van der Waals surface area contributed by atoms with Crippen LogP contribution in [0.25, 0.3) is 10.8 Å². The predicted octanol–water partition coefficient (Wildman–Crippen LogP) is 4.35. The van der Waals surface area contributed by atoms with E-state index in [0.29, 0.717) is 13.0 Å². The molecule has 0 heterocycles. The largest absolute Gasteiger partial charge is 0.341 e. The molecule has 116 valence electrons. The Morgan fingerprint density at radius 1 is 0.913 bits per heavy atom. The molecular weight excluding hydrogens is 282 g/mol. The maximum atomic E-state index is 12.5. The Morgan fingerprint density at radius 3 is 2.39 bits per heavy atom. The maximum absolute atomic E-state index is 12.5. The molecule has 0 unspecified atom stereocenters. The number of nitrogens with zero attached hydrogens (tertiary/aromatic N) is 1. The number of aryl methyl sites for hydroxylation is 1. The first-order chi connectivity index (χ1) is 11.1. The van der Waals surface area contributed by atoms with Crippen molar-refractivity contribution in [1.29, 1.82) is 0 Å². The Labute approximate surface area is 137 Å². The van der Waals surface area contributed by atoms with E-state index in [2.05, 4.69) is 43.3 Å². The van der Waals surface area contributed by atoms with E-state index >= 15 is 0 Å². The molecular formula is C21H21NO. The van der Waals surface area contributed by atoms with Gasteiger partial charge in [0.05, 0.1) is 6.42 Å². The lowest BCUT2D eigenvalue weighted by molar-refractivity contribution is -0.129. The second-order valence-electron chi connectivity index (χ2n) is 6.03. The number of rotatable bonds is 4. The molecule has 0 aliphatic heterocycles. The van der Waals surface area contributed by atoms with Gasteiger partial charge in [-0.05, 0) is 34.4 Å². The third-order valence-corrected chi connectivity index (χ3v) is 4.26. The molecule has 0 N–H and O–H groups in total.